The van der Waals surface area contributed by atoms with Gasteiger partial charge in [0.2, 0.25) is 6.43 Å². The number of alkyl halides is 5. The minimum absolute atomic E-state index is 0.0298. The van der Waals surface area contributed by atoms with Crippen LogP contribution in [0.4, 0.5) is 33.3 Å². The average Bonchev–Trinajstić information content (AvgIpc) is 3.27. The number of nitrogens with one attached hydrogen (secondary N) is 2. The number of hydrogen-bond donors (Lipinski definition) is 3. The molecule has 4 aliphatic carbocycles. The van der Waals surface area contributed by atoms with Gasteiger partial charge in [-0.15, -0.1) is 11.8 Å². The van der Waals surface area contributed by atoms with Crippen LogP contribution in [0.2, 0.25) is 0 Å². The molecule has 3 saturated carbocycles. The molecular weight excluding hydrogens is 960 g/mol. The molecule has 6 aliphatic rings. The van der Waals surface area contributed by atoms with E-state index in [1.54, 1.807) is 12.1 Å². The van der Waals surface area contributed by atoms with Crippen LogP contribution >= 0.6 is 11.8 Å². The molecule has 2 heterocycles. The van der Waals surface area contributed by atoms with Crippen molar-refractivity contribution in [3.8, 4) is 0 Å². The van der Waals surface area contributed by atoms with Crippen molar-refractivity contribution in [1.29, 1.82) is 0 Å². The standard InChI is InChI=1S/C49H63F5N6O6S3/c1-46(2)16-14-36(41(29-46)47-32-48(33-47,34-47)45(50)51)30-59-22-24-60(25-23-59)38-10-8-35(9-11-38)44(62)56-69(65,66)40-12-13-42(43(28-40)68(63,64)49(52,53)54)55-37(31-67-39-6-4-3-5-7-39)15-17-57-18-20-58(21-19-57)26-27-61/h3-13,28,37,45,55,61H,14-27,29-34H2,1-2H3,(H,56,62). The van der Waals surface area contributed by atoms with Crippen LogP contribution in [0.25, 0.3) is 0 Å². The maximum atomic E-state index is 14.3. The van der Waals surface area contributed by atoms with Crippen LogP contribution in [-0.2, 0) is 19.9 Å². The normalized spacial score (nSPS) is 24.2. The Labute approximate surface area is 407 Å². The molecule has 3 aromatic rings. The first-order chi connectivity index (χ1) is 32.6. The van der Waals surface area contributed by atoms with E-state index in [0.29, 0.717) is 76.8 Å². The third kappa shape index (κ3) is 11.5. The predicted octanol–water partition coefficient (Wildman–Crippen LogP) is 7.74. The Kier molecular flexibility index (Phi) is 15.2. The molecule has 0 radical (unpaired) electrons. The van der Waals surface area contributed by atoms with Gasteiger partial charge in [-0.3, -0.25) is 14.6 Å². The lowest BCUT2D eigenvalue weighted by Gasteiger charge is -2.72. The Bertz CT molecular complexity index is 2550. The van der Waals surface area contributed by atoms with Gasteiger partial charge < -0.3 is 20.2 Å². The number of sulfone groups is 1. The molecule has 5 fully saturated rings. The van der Waals surface area contributed by atoms with E-state index < -0.39 is 64.6 Å². The van der Waals surface area contributed by atoms with E-state index in [-0.39, 0.29) is 23.0 Å². The number of hydrogen-bond acceptors (Lipinski definition) is 12. The van der Waals surface area contributed by atoms with Gasteiger partial charge in [-0.25, -0.2) is 30.3 Å². The zero-order chi connectivity index (χ0) is 49.4. The number of rotatable bonds is 19. The van der Waals surface area contributed by atoms with Crippen molar-refractivity contribution in [2.45, 2.75) is 91.5 Å². The summed E-state index contributed by atoms with van der Waals surface area (Å²) in [5.74, 6) is -0.703. The third-order valence-corrected chi connectivity index (χ3v) is 19.0. The molecule has 1 amide bonds. The number of halogens is 5. The van der Waals surface area contributed by atoms with E-state index in [1.165, 1.54) is 35.0 Å². The van der Waals surface area contributed by atoms with Gasteiger partial charge in [0.25, 0.3) is 25.8 Å². The van der Waals surface area contributed by atoms with Gasteiger partial charge in [0.15, 0.2) is 0 Å². The summed E-state index contributed by atoms with van der Waals surface area (Å²) in [5, 5.41) is 12.3. The van der Waals surface area contributed by atoms with Crippen molar-refractivity contribution in [3.63, 3.8) is 0 Å². The topological polar surface area (TPSA) is 143 Å². The maximum absolute atomic E-state index is 14.3. The number of allylic oxidation sites excluding steroid dienone is 1. The Balaban J connectivity index is 0.914. The molecule has 69 heavy (non-hydrogen) atoms. The summed E-state index contributed by atoms with van der Waals surface area (Å²) in [6.07, 6.45) is 2.96. The fourth-order valence-electron chi connectivity index (χ4n) is 11.0. The summed E-state index contributed by atoms with van der Waals surface area (Å²) >= 11 is 1.44. The zero-order valence-electron chi connectivity index (χ0n) is 39.1. The van der Waals surface area contributed by atoms with Gasteiger partial charge in [-0.2, -0.15) is 13.2 Å². The van der Waals surface area contributed by atoms with Crippen LogP contribution in [0, 0.1) is 16.2 Å². The number of carbonyl (C=O) groups is 1. The number of amides is 1. The molecule has 3 aromatic carbocycles. The average molecular weight is 1020 g/mol. The first-order valence-corrected chi connectivity index (χ1v) is 27.7. The second-order valence-electron chi connectivity index (χ2n) is 20.4. The number of nitrogens with zero attached hydrogens (tertiary/aromatic N) is 4. The molecule has 1 atom stereocenters. The van der Waals surface area contributed by atoms with E-state index in [1.807, 2.05) is 35.1 Å². The molecule has 2 aliphatic heterocycles. The maximum Gasteiger partial charge on any atom is 0.501 e. The molecule has 1 unspecified atom stereocenters. The number of sulfonamides is 1. The van der Waals surface area contributed by atoms with E-state index in [9.17, 15) is 48.7 Å². The Hall–Kier alpha value is -3.79. The summed E-state index contributed by atoms with van der Waals surface area (Å²) in [4.78, 5) is 21.1. The third-order valence-electron chi connectivity index (χ3n) is 15.0. The molecule has 0 aromatic heterocycles. The fourth-order valence-corrected chi connectivity index (χ4v) is 14.0. The minimum Gasteiger partial charge on any atom is -0.395 e. The van der Waals surface area contributed by atoms with Crippen LogP contribution in [0.3, 0.4) is 0 Å². The molecule has 378 valence electrons. The molecule has 20 heteroatoms. The molecule has 2 bridgehead atoms. The highest BCUT2D eigenvalue weighted by Gasteiger charge is 2.73. The molecule has 12 nitrogen and oxygen atoms in total. The summed E-state index contributed by atoms with van der Waals surface area (Å²) in [6.45, 7) is 12.3. The summed E-state index contributed by atoms with van der Waals surface area (Å²) < 4.78 is 126. The number of thioether (sulfide) groups is 1. The predicted molar refractivity (Wildman–Crippen MR) is 258 cm³/mol. The number of piperazine rings is 2. The largest absolute Gasteiger partial charge is 0.501 e. The summed E-state index contributed by atoms with van der Waals surface area (Å²) in [5.41, 5.74) is -3.25. The monoisotopic (exact) mass is 1020 g/mol. The molecule has 0 spiro atoms. The number of carbonyl (C=O) groups excluding carboxylic acids is 1. The van der Waals surface area contributed by atoms with Gasteiger partial charge in [-0.05, 0) is 110 Å². The molecule has 3 N–H and O–H groups in total. The Morgan fingerprint density at radius 3 is 2.06 bits per heavy atom. The lowest BCUT2D eigenvalue weighted by molar-refractivity contribution is -0.250. The van der Waals surface area contributed by atoms with E-state index in [2.05, 4.69) is 38.8 Å². The summed E-state index contributed by atoms with van der Waals surface area (Å²) in [7, 11) is -11.0. The van der Waals surface area contributed by atoms with Crippen molar-refractivity contribution in [2.75, 3.05) is 94.6 Å². The van der Waals surface area contributed by atoms with Crippen molar-refractivity contribution >= 4 is 48.9 Å². The van der Waals surface area contributed by atoms with Crippen molar-refractivity contribution in [1.82, 2.24) is 19.4 Å². The molecule has 9 rings (SSSR count). The van der Waals surface area contributed by atoms with Gasteiger partial charge in [0, 0.05) is 105 Å². The lowest BCUT2D eigenvalue weighted by atomic mass is 9.32. The van der Waals surface area contributed by atoms with Crippen molar-refractivity contribution in [2.24, 2.45) is 16.2 Å². The number of aliphatic hydroxyl groups excluding tert-OH is 1. The highest BCUT2D eigenvalue weighted by Crippen LogP contribution is 2.79. The Morgan fingerprint density at radius 2 is 1.45 bits per heavy atom. The highest BCUT2D eigenvalue weighted by molar-refractivity contribution is 7.99. The number of anilines is 2. The minimum atomic E-state index is -6.09. The van der Waals surface area contributed by atoms with Gasteiger partial charge in [-0.1, -0.05) is 43.2 Å². The van der Waals surface area contributed by atoms with Crippen molar-refractivity contribution < 1.29 is 48.7 Å². The lowest BCUT2D eigenvalue weighted by Crippen LogP contribution is -2.66. The quantitative estimate of drug-likeness (QED) is 0.0615. The van der Waals surface area contributed by atoms with Crippen LogP contribution in [0.1, 0.15) is 69.2 Å². The fraction of sp³-hybridized carbons (Fsp3) is 0.571. The second-order valence-corrected chi connectivity index (χ2v) is 25.1. The van der Waals surface area contributed by atoms with E-state index in [0.717, 1.165) is 74.7 Å². The second kappa shape index (κ2) is 20.4. The van der Waals surface area contributed by atoms with Gasteiger partial charge in [0.1, 0.15) is 4.90 Å². The van der Waals surface area contributed by atoms with Crippen molar-refractivity contribution in [3.05, 3.63) is 89.5 Å². The van der Waals surface area contributed by atoms with Crippen LogP contribution in [0.5, 0.6) is 0 Å². The van der Waals surface area contributed by atoms with Gasteiger partial charge >= 0.3 is 5.51 Å². The smallest absolute Gasteiger partial charge is 0.395 e. The number of β-amino-alcohol motifs (C(OH)–C–C–N with tert-alkyl or cyclic N) is 1. The van der Waals surface area contributed by atoms with Gasteiger partial charge in [0.05, 0.1) is 17.2 Å². The molecule has 2 saturated heterocycles. The van der Waals surface area contributed by atoms with E-state index in [4.69, 9.17) is 0 Å². The SMILES string of the molecule is CC1(C)CCC(CN2CCN(c3ccc(C(=O)NS(=O)(=O)c4ccc(NC(CCN5CCN(CCO)CC5)CSc5ccccc5)c(S(=O)(=O)C(F)(F)F)c4)cc3)CC2)=C(C23CC(C(F)F)(C2)C3)C1. The Morgan fingerprint density at radius 1 is 0.826 bits per heavy atom. The van der Waals surface area contributed by atoms with Crippen LogP contribution in [-0.4, -0.2) is 145 Å². The highest BCUT2D eigenvalue weighted by atomic mass is 32.2. The zero-order valence-corrected chi connectivity index (χ0v) is 41.6. The van der Waals surface area contributed by atoms with E-state index >= 15 is 0 Å². The number of aliphatic hydroxyl groups is 1. The van der Waals surface area contributed by atoms with Crippen LogP contribution < -0.4 is 14.9 Å². The summed E-state index contributed by atoms with van der Waals surface area (Å²) in [6, 6.07) is 17.5. The first-order valence-electron chi connectivity index (χ1n) is 23.7. The molecular formula is C49H63F5N6O6S3. The van der Waals surface area contributed by atoms with Crippen LogP contribution in [0.15, 0.2) is 98.6 Å². The first kappa shape index (κ1) is 51.6. The number of benzene rings is 3.